The fourth-order valence-corrected chi connectivity index (χ4v) is 2.21. The number of aromatic nitrogens is 1. The van der Waals surface area contributed by atoms with E-state index in [1.54, 1.807) is 42.7 Å². The summed E-state index contributed by atoms with van der Waals surface area (Å²) in [6.45, 7) is 3.90. The Morgan fingerprint density at radius 1 is 1.35 bits per heavy atom. The number of halogens is 2. The van der Waals surface area contributed by atoms with E-state index in [0.29, 0.717) is 28.5 Å². The van der Waals surface area contributed by atoms with Crippen LogP contribution >= 0.6 is 23.2 Å². The SMILES string of the molecule is C=CCOc1ccc(Cl)c(Cl)c1C(O)c1cccnc1. The topological polar surface area (TPSA) is 42.4 Å². The van der Waals surface area contributed by atoms with Crippen molar-refractivity contribution in [2.45, 2.75) is 6.10 Å². The van der Waals surface area contributed by atoms with Crippen LogP contribution in [0.25, 0.3) is 0 Å². The summed E-state index contributed by atoms with van der Waals surface area (Å²) in [6.07, 6.45) is 3.85. The number of rotatable bonds is 5. The molecular formula is C15H13Cl2NO2. The van der Waals surface area contributed by atoms with Gasteiger partial charge in [0.05, 0.1) is 10.0 Å². The smallest absolute Gasteiger partial charge is 0.127 e. The summed E-state index contributed by atoms with van der Waals surface area (Å²) in [7, 11) is 0. The van der Waals surface area contributed by atoms with E-state index in [-0.39, 0.29) is 5.02 Å². The fourth-order valence-electron chi connectivity index (χ4n) is 1.78. The molecule has 2 rings (SSSR count). The van der Waals surface area contributed by atoms with E-state index < -0.39 is 6.10 Å². The van der Waals surface area contributed by atoms with Crippen molar-refractivity contribution >= 4 is 23.2 Å². The van der Waals surface area contributed by atoms with Crippen LogP contribution in [0, 0.1) is 0 Å². The molecule has 1 aromatic carbocycles. The Balaban J connectivity index is 2.47. The number of hydrogen-bond donors (Lipinski definition) is 1. The van der Waals surface area contributed by atoms with Crippen LogP contribution in [0.3, 0.4) is 0 Å². The van der Waals surface area contributed by atoms with E-state index in [4.69, 9.17) is 27.9 Å². The lowest BCUT2D eigenvalue weighted by Crippen LogP contribution is -2.06. The molecule has 1 heterocycles. The second-order valence-corrected chi connectivity index (χ2v) is 4.85. The van der Waals surface area contributed by atoms with Crippen molar-refractivity contribution in [1.29, 1.82) is 0 Å². The summed E-state index contributed by atoms with van der Waals surface area (Å²) < 4.78 is 5.52. The van der Waals surface area contributed by atoms with Crippen LogP contribution in [0.4, 0.5) is 0 Å². The Labute approximate surface area is 127 Å². The van der Waals surface area contributed by atoms with Crippen LogP contribution in [0.5, 0.6) is 5.75 Å². The van der Waals surface area contributed by atoms with Gasteiger partial charge in [-0.05, 0) is 18.2 Å². The number of hydrogen-bond acceptors (Lipinski definition) is 3. The Bertz CT molecular complexity index is 602. The second kappa shape index (κ2) is 6.75. The molecule has 0 fully saturated rings. The fraction of sp³-hybridized carbons (Fsp3) is 0.133. The normalized spacial score (nSPS) is 11.9. The van der Waals surface area contributed by atoms with Crippen LogP contribution in [0.1, 0.15) is 17.2 Å². The van der Waals surface area contributed by atoms with E-state index in [1.807, 2.05) is 0 Å². The molecule has 3 nitrogen and oxygen atoms in total. The third-order valence-corrected chi connectivity index (χ3v) is 3.54. The molecule has 0 radical (unpaired) electrons. The van der Waals surface area contributed by atoms with E-state index in [2.05, 4.69) is 11.6 Å². The molecule has 104 valence electrons. The summed E-state index contributed by atoms with van der Waals surface area (Å²) >= 11 is 12.2. The average molecular weight is 310 g/mol. The van der Waals surface area contributed by atoms with Gasteiger partial charge in [-0.15, -0.1) is 0 Å². The van der Waals surface area contributed by atoms with Crippen molar-refractivity contribution in [2.24, 2.45) is 0 Å². The van der Waals surface area contributed by atoms with Crippen molar-refractivity contribution in [3.63, 3.8) is 0 Å². The quantitative estimate of drug-likeness (QED) is 0.848. The first-order valence-corrected chi connectivity index (χ1v) is 6.70. The molecule has 1 aromatic heterocycles. The van der Waals surface area contributed by atoms with Gasteiger partial charge in [-0.25, -0.2) is 0 Å². The molecule has 0 amide bonds. The molecule has 0 saturated heterocycles. The summed E-state index contributed by atoms with van der Waals surface area (Å²) in [4.78, 5) is 3.98. The van der Waals surface area contributed by atoms with Crippen molar-refractivity contribution in [2.75, 3.05) is 6.61 Å². The highest BCUT2D eigenvalue weighted by Crippen LogP contribution is 2.39. The standard InChI is InChI=1S/C15H13Cl2NO2/c1-2-8-20-12-6-5-11(16)14(17)13(12)15(19)10-4-3-7-18-9-10/h2-7,9,15,19H,1,8H2. The van der Waals surface area contributed by atoms with Gasteiger partial charge >= 0.3 is 0 Å². The zero-order valence-corrected chi connectivity index (χ0v) is 12.1. The lowest BCUT2D eigenvalue weighted by molar-refractivity contribution is 0.212. The van der Waals surface area contributed by atoms with Crippen molar-refractivity contribution in [3.05, 3.63) is 70.5 Å². The Hall–Kier alpha value is -1.55. The van der Waals surface area contributed by atoms with Crippen LogP contribution in [-0.4, -0.2) is 16.7 Å². The molecule has 1 atom stereocenters. The second-order valence-electron chi connectivity index (χ2n) is 4.06. The van der Waals surface area contributed by atoms with Gasteiger partial charge in [-0.2, -0.15) is 0 Å². The lowest BCUT2D eigenvalue weighted by atomic mass is 10.0. The maximum Gasteiger partial charge on any atom is 0.127 e. The third-order valence-electron chi connectivity index (χ3n) is 2.72. The number of benzene rings is 1. The maximum absolute atomic E-state index is 10.5. The van der Waals surface area contributed by atoms with Gasteiger partial charge in [0.2, 0.25) is 0 Å². The minimum absolute atomic E-state index is 0.268. The third kappa shape index (κ3) is 3.12. The Kier molecular flexibility index (Phi) is 5.01. The largest absolute Gasteiger partial charge is 0.489 e. The first kappa shape index (κ1) is 14.9. The predicted molar refractivity (Wildman–Crippen MR) is 80.5 cm³/mol. The Morgan fingerprint density at radius 2 is 2.15 bits per heavy atom. The molecule has 20 heavy (non-hydrogen) atoms. The minimum atomic E-state index is -0.963. The summed E-state index contributed by atoms with van der Waals surface area (Å²) in [5.41, 5.74) is 1.04. The highest BCUT2D eigenvalue weighted by Gasteiger charge is 2.21. The van der Waals surface area contributed by atoms with Crippen molar-refractivity contribution in [1.82, 2.24) is 4.98 Å². The summed E-state index contributed by atoms with van der Waals surface area (Å²) in [5, 5.41) is 11.1. The number of pyridine rings is 1. The van der Waals surface area contributed by atoms with Crippen molar-refractivity contribution in [3.8, 4) is 5.75 Å². The zero-order valence-electron chi connectivity index (χ0n) is 10.6. The van der Waals surface area contributed by atoms with Crippen molar-refractivity contribution < 1.29 is 9.84 Å². The molecule has 5 heteroatoms. The molecule has 0 aliphatic carbocycles. The van der Waals surface area contributed by atoms with Gasteiger partial charge in [0.25, 0.3) is 0 Å². The molecule has 0 aliphatic heterocycles. The predicted octanol–water partition coefficient (Wildman–Crippen LogP) is 4.03. The van der Waals surface area contributed by atoms with E-state index in [0.717, 1.165) is 0 Å². The van der Waals surface area contributed by atoms with Crippen LogP contribution in [0.2, 0.25) is 10.0 Å². The molecule has 1 N–H and O–H groups in total. The molecule has 0 bridgehead atoms. The van der Waals surface area contributed by atoms with Gasteiger partial charge < -0.3 is 9.84 Å². The first-order chi connectivity index (χ1) is 9.65. The van der Waals surface area contributed by atoms with Gasteiger partial charge in [0.1, 0.15) is 18.5 Å². The van der Waals surface area contributed by atoms with Crippen LogP contribution in [0.15, 0.2) is 49.3 Å². The Morgan fingerprint density at radius 3 is 2.80 bits per heavy atom. The highest BCUT2D eigenvalue weighted by molar-refractivity contribution is 6.42. The van der Waals surface area contributed by atoms with Gasteiger partial charge in [0.15, 0.2) is 0 Å². The molecule has 0 saturated carbocycles. The highest BCUT2D eigenvalue weighted by atomic mass is 35.5. The molecule has 0 aliphatic rings. The average Bonchev–Trinajstić information content (AvgIpc) is 2.48. The minimum Gasteiger partial charge on any atom is -0.489 e. The number of aliphatic hydroxyl groups is 1. The lowest BCUT2D eigenvalue weighted by Gasteiger charge is -2.18. The monoisotopic (exact) mass is 309 g/mol. The van der Waals surface area contributed by atoms with Gasteiger partial charge in [0, 0.05) is 23.5 Å². The number of aliphatic hydroxyl groups excluding tert-OH is 1. The molecule has 2 aromatic rings. The molecular weight excluding hydrogens is 297 g/mol. The van der Waals surface area contributed by atoms with E-state index in [1.165, 1.54) is 0 Å². The van der Waals surface area contributed by atoms with Crippen LogP contribution < -0.4 is 4.74 Å². The number of nitrogens with zero attached hydrogens (tertiary/aromatic N) is 1. The zero-order chi connectivity index (χ0) is 14.5. The number of ether oxygens (including phenoxy) is 1. The van der Waals surface area contributed by atoms with Crippen LogP contribution in [-0.2, 0) is 0 Å². The van der Waals surface area contributed by atoms with E-state index in [9.17, 15) is 5.11 Å². The summed E-state index contributed by atoms with van der Waals surface area (Å²) in [5.74, 6) is 0.468. The molecule has 0 spiro atoms. The molecule has 1 unspecified atom stereocenters. The van der Waals surface area contributed by atoms with Gasteiger partial charge in [-0.3, -0.25) is 4.98 Å². The van der Waals surface area contributed by atoms with E-state index >= 15 is 0 Å². The van der Waals surface area contributed by atoms with Gasteiger partial charge in [-0.1, -0.05) is 41.9 Å². The summed E-state index contributed by atoms with van der Waals surface area (Å²) in [6, 6.07) is 6.79. The maximum atomic E-state index is 10.5. The first-order valence-electron chi connectivity index (χ1n) is 5.94.